The Morgan fingerprint density at radius 3 is 1.38 bits per heavy atom. The maximum Gasteiger partial charge on any atom is 0.333 e. The average molecular weight is 681 g/mol. The molecule has 0 aromatic rings. The molecule has 13 nitrogen and oxygen atoms in total. The minimum absolute atomic E-state index is 0.0250. The summed E-state index contributed by atoms with van der Waals surface area (Å²) >= 11 is 0. The van der Waals surface area contributed by atoms with Gasteiger partial charge in [0, 0.05) is 42.4 Å². The highest BCUT2D eigenvalue weighted by Gasteiger charge is 2.36. The first-order valence-corrected chi connectivity index (χ1v) is 16.4. The molecule has 1 aliphatic rings. The van der Waals surface area contributed by atoms with E-state index in [1.165, 1.54) is 0 Å². The zero-order valence-corrected chi connectivity index (χ0v) is 28.7. The normalized spacial score (nSPS) is 16.9. The van der Waals surface area contributed by atoms with E-state index in [0.29, 0.717) is 68.1 Å². The van der Waals surface area contributed by atoms with Gasteiger partial charge in [-0.1, -0.05) is 19.7 Å². The Labute approximate surface area is 283 Å². The van der Waals surface area contributed by atoms with Crippen LogP contribution in [0, 0.1) is 0 Å². The Morgan fingerprint density at radius 1 is 0.542 bits per heavy atom. The molecular formula is C35H52O13. The van der Waals surface area contributed by atoms with Crippen LogP contribution in [-0.4, -0.2) is 87.2 Å². The van der Waals surface area contributed by atoms with Gasteiger partial charge in [-0.25, -0.2) is 14.4 Å². The summed E-state index contributed by atoms with van der Waals surface area (Å²) in [6.07, 6.45) is 2.67. The van der Waals surface area contributed by atoms with Crippen molar-refractivity contribution in [1.29, 1.82) is 0 Å². The Hall–Kier alpha value is -4.00. The number of carbonyl (C=O) groups is 6. The van der Waals surface area contributed by atoms with Gasteiger partial charge in [-0.15, -0.1) is 0 Å². The van der Waals surface area contributed by atoms with Gasteiger partial charge in [0.25, 0.3) is 0 Å². The average Bonchev–Trinajstić information content (AvgIpc) is 3.03. The van der Waals surface area contributed by atoms with Gasteiger partial charge in [-0.05, 0) is 72.1 Å². The second kappa shape index (κ2) is 24.2. The van der Waals surface area contributed by atoms with Gasteiger partial charge in [0.05, 0.1) is 39.1 Å². The van der Waals surface area contributed by atoms with Gasteiger partial charge in [-0.2, -0.15) is 0 Å². The van der Waals surface area contributed by atoms with Crippen LogP contribution in [0.15, 0.2) is 36.5 Å². The molecule has 0 spiro atoms. The molecule has 1 rings (SSSR count). The van der Waals surface area contributed by atoms with E-state index in [0.717, 1.165) is 0 Å². The molecule has 270 valence electrons. The van der Waals surface area contributed by atoms with Gasteiger partial charge in [0.15, 0.2) is 6.10 Å². The summed E-state index contributed by atoms with van der Waals surface area (Å²) in [5, 5.41) is 0. The van der Waals surface area contributed by atoms with Crippen LogP contribution in [-0.2, 0) is 61.9 Å². The van der Waals surface area contributed by atoms with Crippen LogP contribution >= 0.6 is 0 Å². The zero-order chi connectivity index (χ0) is 35.9. The standard InChI is InChI=1S/C35H52O13/c1-24(2)33(39)43-18-10-7-15-30(36)42-21-13-14-27-22-28(47-31(37)16-8-11-19-44-34(40)25(3)4)29(23-46-27)48-32(38)17-9-12-20-45-35(41)26(5)6/h27-29H,1,3,5,7-23H2,2,4,6H3/t27?,28-,29+/m0/s1. The van der Waals surface area contributed by atoms with Crippen molar-refractivity contribution in [3.63, 3.8) is 0 Å². The summed E-state index contributed by atoms with van der Waals surface area (Å²) in [4.78, 5) is 71.6. The Bertz CT molecular complexity index is 1120. The van der Waals surface area contributed by atoms with Crippen molar-refractivity contribution in [3.8, 4) is 0 Å². The molecule has 1 heterocycles. The number of unbranched alkanes of at least 4 members (excludes halogenated alkanes) is 3. The lowest BCUT2D eigenvalue weighted by atomic mass is 9.99. The van der Waals surface area contributed by atoms with E-state index in [1.54, 1.807) is 20.8 Å². The maximum atomic E-state index is 12.7. The van der Waals surface area contributed by atoms with Crippen LogP contribution in [0.25, 0.3) is 0 Å². The van der Waals surface area contributed by atoms with Crippen LogP contribution in [0.2, 0.25) is 0 Å². The molecule has 1 fully saturated rings. The highest BCUT2D eigenvalue weighted by Crippen LogP contribution is 2.24. The summed E-state index contributed by atoms with van der Waals surface area (Å²) in [7, 11) is 0. The minimum Gasteiger partial charge on any atom is -0.466 e. The number of carbonyl (C=O) groups excluding carboxylic acids is 6. The van der Waals surface area contributed by atoms with Gasteiger partial charge in [0.2, 0.25) is 0 Å². The number of rotatable bonds is 24. The molecular weight excluding hydrogens is 628 g/mol. The molecule has 1 unspecified atom stereocenters. The minimum atomic E-state index is -0.803. The fourth-order valence-electron chi connectivity index (χ4n) is 4.26. The molecule has 0 radical (unpaired) electrons. The number of ether oxygens (including phenoxy) is 7. The Kier molecular flexibility index (Phi) is 21.2. The predicted octanol–water partition coefficient (Wildman–Crippen LogP) is 4.79. The van der Waals surface area contributed by atoms with Gasteiger partial charge >= 0.3 is 35.8 Å². The lowest BCUT2D eigenvalue weighted by Crippen LogP contribution is -2.46. The third-order valence-electron chi connectivity index (χ3n) is 6.98. The zero-order valence-electron chi connectivity index (χ0n) is 28.7. The Morgan fingerprint density at radius 2 is 0.938 bits per heavy atom. The van der Waals surface area contributed by atoms with Crippen molar-refractivity contribution in [2.24, 2.45) is 0 Å². The van der Waals surface area contributed by atoms with E-state index in [-0.39, 0.29) is 70.8 Å². The monoisotopic (exact) mass is 680 g/mol. The molecule has 13 heteroatoms. The molecule has 1 saturated heterocycles. The largest absolute Gasteiger partial charge is 0.466 e. The smallest absolute Gasteiger partial charge is 0.333 e. The summed E-state index contributed by atoms with van der Waals surface area (Å²) in [6.45, 7) is 15.9. The molecule has 1 aliphatic heterocycles. The molecule has 0 aliphatic carbocycles. The lowest BCUT2D eigenvalue weighted by Gasteiger charge is -2.35. The van der Waals surface area contributed by atoms with E-state index < -0.39 is 42.1 Å². The van der Waals surface area contributed by atoms with Crippen molar-refractivity contribution < 1.29 is 61.9 Å². The summed E-state index contributed by atoms with van der Waals surface area (Å²) in [5.41, 5.74) is 0.912. The van der Waals surface area contributed by atoms with Crippen molar-refractivity contribution in [1.82, 2.24) is 0 Å². The highest BCUT2D eigenvalue weighted by molar-refractivity contribution is 5.87. The third kappa shape index (κ3) is 19.6. The van der Waals surface area contributed by atoms with Crippen molar-refractivity contribution in [3.05, 3.63) is 36.5 Å². The van der Waals surface area contributed by atoms with Crippen LogP contribution in [0.4, 0.5) is 0 Å². The van der Waals surface area contributed by atoms with E-state index in [1.807, 2.05) is 0 Å². The van der Waals surface area contributed by atoms with Gasteiger partial charge < -0.3 is 33.2 Å². The first-order chi connectivity index (χ1) is 22.8. The molecule has 0 aromatic heterocycles. The second-order valence-electron chi connectivity index (χ2n) is 11.7. The van der Waals surface area contributed by atoms with Gasteiger partial charge in [0.1, 0.15) is 6.10 Å². The SMILES string of the molecule is C=C(C)C(=O)OCCCCC(=O)OCCCC1C[C@H](OC(=O)CCCCOC(=O)C(=C)C)[C@H](OC(=O)CCCCOC(=O)C(=C)C)CO1. The first kappa shape index (κ1) is 42.0. The van der Waals surface area contributed by atoms with Crippen molar-refractivity contribution in [2.75, 3.05) is 33.0 Å². The highest BCUT2D eigenvalue weighted by atomic mass is 16.6. The fraction of sp³-hybridized carbons (Fsp3) is 0.657. The molecule has 3 atom stereocenters. The second-order valence-corrected chi connectivity index (χ2v) is 11.7. The molecule has 0 N–H and O–H groups in total. The predicted molar refractivity (Wildman–Crippen MR) is 173 cm³/mol. The molecule has 48 heavy (non-hydrogen) atoms. The van der Waals surface area contributed by atoms with E-state index in [4.69, 9.17) is 33.2 Å². The van der Waals surface area contributed by atoms with Crippen LogP contribution in [0.5, 0.6) is 0 Å². The maximum absolute atomic E-state index is 12.7. The van der Waals surface area contributed by atoms with E-state index >= 15 is 0 Å². The lowest BCUT2D eigenvalue weighted by molar-refractivity contribution is -0.190. The molecule has 0 saturated carbocycles. The van der Waals surface area contributed by atoms with Crippen LogP contribution in [0.1, 0.15) is 97.8 Å². The molecule has 0 bridgehead atoms. The number of hydrogen-bond acceptors (Lipinski definition) is 13. The summed E-state index contributed by atoms with van der Waals surface area (Å²) in [6, 6.07) is 0. The summed E-state index contributed by atoms with van der Waals surface area (Å²) in [5.74, 6) is -2.76. The first-order valence-electron chi connectivity index (χ1n) is 16.4. The number of hydrogen-bond donors (Lipinski definition) is 0. The van der Waals surface area contributed by atoms with Crippen LogP contribution in [0.3, 0.4) is 0 Å². The molecule has 0 aromatic carbocycles. The fourth-order valence-corrected chi connectivity index (χ4v) is 4.26. The Balaban J connectivity index is 2.52. The topological polar surface area (TPSA) is 167 Å². The van der Waals surface area contributed by atoms with Crippen molar-refractivity contribution >= 4 is 35.8 Å². The molecule has 0 amide bonds. The third-order valence-corrected chi connectivity index (χ3v) is 6.98. The number of esters is 6. The van der Waals surface area contributed by atoms with Crippen LogP contribution < -0.4 is 0 Å². The van der Waals surface area contributed by atoms with Crippen molar-refractivity contribution in [2.45, 2.75) is 116 Å². The van der Waals surface area contributed by atoms with E-state index in [9.17, 15) is 28.8 Å². The van der Waals surface area contributed by atoms with Gasteiger partial charge in [-0.3, -0.25) is 14.4 Å². The summed E-state index contributed by atoms with van der Waals surface area (Å²) < 4.78 is 37.6. The van der Waals surface area contributed by atoms with E-state index in [2.05, 4.69) is 19.7 Å². The quantitative estimate of drug-likeness (QED) is 0.0591.